The number of nitrogens with one attached hydrogen (secondary N) is 1. The van der Waals surface area contributed by atoms with Crippen molar-refractivity contribution >= 4 is 11.6 Å². The molecule has 0 atom stereocenters. The topological polar surface area (TPSA) is 56.1 Å². The van der Waals surface area contributed by atoms with Gasteiger partial charge in [-0.3, -0.25) is 4.79 Å². The number of pyridine rings is 1. The summed E-state index contributed by atoms with van der Waals surface area (Å²) in [4.78, 5) is 16.4. The number of ether oxygens (including phenoxy) is 1. The van der Waals surface area contributed by atoms with Gasteiger partial charge in [0.2, 0.25) is 5.88 Å². The number of benzene rings is 1. The molecule has 0 unspecified atom stereocenters. The lowest BCUT2D eigenvalue weighted by Gasteiger charge is -2.09. The molecule has 0 spiro atoms. The van der Waals surface area contributed by atoms with Crippen LogP contribution in [0.4, 0.5) is 5.69 Å². The Kier molecular flexibility index (Phi) is 4.33. The van der Waals surface area contributed by atoms with Crippen LogP contribution in [0.25, 0.3) is 0 Å². The lowest BCUT2D eigenvalue weighted by atomic mass is 10.1. The summed E-state index contributed by atoms with van der Waals surface area (Å²) in [6, 6.07) is 13.0. The molecule has 0 bridgehead atoms. The molecule has 1 amide bonds. The van der Waals surface area contributed by atoms with Crippen LogP contribution in [0, 0.1) is 13.8 Å². The molecule has 1 aromatic carbocycles. The Morgan fingerprint density at radius 3 is 2.58 bits per heavy atom. The van der Waals surface area contributed by atoms with Crippen LogP contribution in [0.15, 0.2) is 54.9 Å². The van der Waals surface area contributed by atoms with Crippen LogP contribution in [0.2, 0.25) is 0 Å². The minimum atomic E-state index is -0.174. The highest BCUT2D eigenvalue weighted by molar-refractivity contribution is 6.03. The largest absolute Gasteiger partial charge is 0.439 e. The van der Waals surface area contributed by atoms with E-state index in [0.717, 1.165) is 5.75 Å². The molecule has 2 heterocycles. The molecule has 24 heavy (non-hydrogen) atoms. The summed E-state index contributed by atoms with van der Waals surface area (Å²) >= 11 is 0. The lowest BCUT2D eigenvalue weighted by Crippen LogP contribution is -2.15. The molecule has 122 valence electrons. The Morgan fingerprint density at radius 2 is 1.96 bits per heavy atom. The minimum absolute atomic E-state index is 0.174. The molecule has 5 heteroatoms. The van der Waals surface area contributed by atoms with Gasteiger partial charge in [0, 0.05) is 19.3 Å². The fraction of sp³-hybridized carbons (Fsp3) is 0.158. The summed E-state index contributed by atoms with van der Waals surface area (Å²) in [5.74, 6) is 1.05. The SMILES string of the molecule is Cc1ccc(Oc2ccc(NC(=O)c3cccn3C)cn2)cc1C. The number of amides is 1. The molecule has 0 aliphatic rings. The van der Waals surface area contributed by atoms with E-state index in [2.05, 4.69) is 17.2 Å². The highest BCUT2D eigenvalue weighted by Crippen LogP contribution is 2.23. The van der Waals surface area contributed by atoms with Crippen molar-refractivity contribution in [1.29, 1.82) is 0 Å². The number of aromatic nitrogens is 2. The molecule has 1 N–H and O–H groups in total. The van der Waals surface area contributed by atoms with Crippen LogP contribution >= 0.6 is 0 Å². The van der Waals surface area contributed by atoms with Crippen molar-refractivity contribution in [2.75, 3.05) is 5.32 Å². The van der Waals surface area contributed by atoms with Crippen LogP contribution in [0.1, 0.15) is 21.6 Å². The molecular formula is C19H19N3O2. The zero-order valence-corrected chi connectivity index (χ0v) is 13.9. The van der Waals surface area contributed by atoms with Gasteiger partial charge < -0.3 is 14.6 Å². The monoisotopic (exact) mass is 321 g/mol. The van der Waals surface area contributed by atoms with Crippen molar-refractivity contribution in [2.24, 2.45) is 7.05 Å². The Labute approximate surface area is 140 Å². The molecule has 3 aromatic rings. The van der Waals surface area contributed by atoms with Gasteiger partial charge in [0.05, 0.1) is 11.9 Å². The third-order valence-electron chi connectivity index (χ3n) is 3.87. The molecule has 0 saturated heterocycles. The van der Waals surface area contributed by atoms with E-state index < -0.39 is 0 Å². The van der Waals surface area contributed by atoms with Gasteiger partial charge in [0.1, 0.15) is 11.4 Å². The fourth-order valence-corrected chi connectivity index (χ4v) is 2.30. The molecule has 0 fully saturated rings. The number of carbonyl (C=O) groups is 1. The molecule has 0 aliphatic carbocycles. The van der Waals surface area contributed by atoms with Crippen LogP contribution in [-0.2, 0) is 7.05 Å². The normalized spacial score (nSPS) is 10.5. The van der Waals surface area contributed by atoms with Crippen LogP contribution in [0.5, 0.6) is 11.6 Å². The summed E-state index contributed by atoms with van der Waals surface area (Å²) in [5, 5.41) is 2.81. The summed E-state index contributed by atoms with van der Waals surface area (Å²) in [6.45, 7) is 4.10. The summed E-state index contributed by atoms with van der Waals surface area (Å²) in [5.41, 5.74) is 3.59. The van der Waals surface area contributed by atoms with Gasteiger partial charge in [-0.1, -0.05) is 6.07 Å². The van der Waals surface area contributed by atoms with Gasteiger partial charge in [-0.15, -0.1) is 0 Å². The summed E-state index contributed by atoms with van der Waals surface area (Å²) in [7, 11) is 1.83. The predicted molar refractivity (Wildman–Crippen MR) is 93.6 cm³/mol. The summed E-state index contributed by atoms with van der Waals surface area (Å²) < 4.78 is 7.50. The number of carbonyl (C=O) groups excluding carboxylic acids is 1. The second kappa shape index (κ2) is 6.58. The van der Waals surface area contributed by atoms with Crippen LogP contribution in [0.3, 0.4) is 0 Å². The fourth-order valence-electron chi connectivity index (χ4n) is 2.30. The van der Waals surface area contributed by atoms with Gasteiger partial charge in [0.15, 0.2) is 0 Å². The Hall–Kier alpha value is -3.08. The molecule has 0 aliphatic heterocycles. The molecule has 2 aromatic heterocycles. The van der Waals surface area contributed by atoms with Gasteiger partial charge in [-0.2, -0.15) is 0 Å². The number of hydrogen-bond acceptors (Lipinski definition) is 3. The second-order valence-electron chi connectivity index (χ2n) is 5.69. The number of aryl methyl sites for hydroxylation is 3. The Bertz CT molecular complexity index is 867. The van der Waals surface area contributed by atoms with E-state index in [1.54, 1.807) is 29.0 Å². The van der Waals surface area contributed by atoms with E-state index in [0.29, 0.717) is 17.3 Å². The van der Waals surface area contributed by atoms with Gasteiger partial charge in [-0.05, 0) is 55.3 Å². The van der Waals surface area contributed by atoms with Crippen molar-refractivity contribution in [3.63, 3.8) is 0 Å². The summed E-state index contributed by atoms with van der Waals surface area (Å²) in [6.07, 6.45) is 3.41. The Balaban J connectivity index is 1.68. The molecule has 0 radical (unpaired) electrons. The van der Waals surface area contributed by atoms with Crippen LogP contribution < -0.4 is 10.1 Å². The third-order valence-corrected chi connectivity index (χ3v) is 3.87. The molecule has 0 saturated carbocycles. The zero-order chi connectivity index (χ0) is 17.1. The first-order valence-corrected chi connectivity index (χ1v) is 7.67. The van der Waals surface area contributed by atoms with Gasteiger partial charge >= 0.3 is 0 Å². The highest BCUT2D eigenvalue weighted by Gasteiger charge is 2.09. The minimum Gasteiger partial charge on any atom is -0.439 e. The maximum absolute atomic E-state index is 12.2. The van der Waals surface area contributed by atoms with Crippen molar-refractivity contribution in [2.45, 2.75) is 13.8 Å². The average Bonchev–Trinajstić information content (AvgIpc) is 2.99. The maximum atomic E-state index is 12.2. The predicted octanol–water partition coefficient (Wildman–Crippen LogP) is 4.08. The first kappa shape index (κ1) is 15.8. The van der Waals surface area contributed by atoms with E-state index >= 15 is 0 Å². The molecular weight excluding hydrogens is 302 g/mol. The highest BCUT2D eigenvalue weighted by atomic mass is 16.5. The van der Waals surface area contributed by atoms with E-state index in [4.69, 9.17) is 4.74 Å². The third kappa shape index (κ3) is 3.46. The lowest BCUT2D eigenvalue weighted by molar-refractivity contribution is 0.101. The van der Waals surface area contributed by atoms with Crippen LogP contribution in [-0.4, -0.2) is 15.5 Å². The van der Waals surface area contributed by atoms with Gasteiger partial charge in [-0.25, -0.2) is 4.98 Å². The molecule has 3 rings (SSSR count). The van der Waals surface area contributed by atoms with Crippen molar-refractivity contribution in [3.8, 4) is 11.6 Å². The standard InChI is InChI=1S/C19H19N3O2/c1-13-6-8-16(11-14(13)2)24-18-9-7-15(12-20-18)21-19(23)17-5-4-10-22(17)3/h4-12H,1-3H3,(H,21,23). The number of hydrogen-bond donors (Lipinski definition) is 1. The van der Waals surface area contributed by atoms with Gasteiger partial charge in [0.25, 0.3) is 5.91 Å². The smallest absolute Gasteiger partial charge is 0.272 e. The number of anilines is 1. The van der Waals surface area contributed by atoms with Crippen molar-refractivity contribution < 1.29 is 9.53 Å². The van der Waals surface area contributed by atoms with E-state index in [-0.39, 0.29) is 5.91 Å². The quantitative estimate of drug-likeness (QED) is 0.787. The first-order valence-electron chi connectivity index (χ1n) is 7.67. The van der Waals surface area contributed by atoms with E-state index in [1.165, 1.54) is 11.1 Å². The Morgan fingerprint density at radius 1 is 1.12 bits per heavy atom. The molecule has 5 nitrogen and oxygen atoms in total. The second-order valence-corrected chi connectivity index (χ2v) is 5.69. The number of rotatable bonds is 4. The van der Waals surface area contributed by atoms with E-state index in [1.807, 2.05) is 44.4 Å². The number of nitrogens with zero attached hydrogens (tertiary/aromatic N) is 2. The first-order chi connectivity index (χ1) is 11.5. The van der Waals surface area contributed by atoms with Crippen molar-refractivity contribution in [1.82, 2.24) is 9.55 Å². The zero-order valence-electron chi connectivity index (χ0n) is 13.9. The average molecular weight is 321 g/mol. The van der Waals surface area contributed by atoms with Crippen molar-refractivity contribution in [3.05, 3.63) is 71.7 Å². The maximum Gasteiger partial charge on any atom is 0.272 e. The van der Waals surface area contributed by atoms with E-state index in [9.17, 15) is 4.79 Å².